The third-order valence-electron chi connectivity index (χ3n) is 4.00. The smallest absolute Gasteiger partial charge is 0.253 e. The number of sulfonamides is 1. The Labute approximate surface area is 155 Å². The highest BCUT2D eigenvalue weighted by Crippen LogP contribution is 2.32. The number of phenols is 1. The predicted octanol–water partition coefficient (Wildman–Crippen LogP) is 2.58. The number of benzene rings is 1. The zero-order valence-electron chi connectivity index (χ0n) is 13.2. The summed E-state index contributed by atoms with van der Waals surface area (Å²) >= 11 is 6.82. The number of thiophene rings is 1. The van der Waals surface area contributed by atoms with E-state index in [2.05, 4.69) is 5.32 Å². The number of phenolic OH excluding ortho intramolecular Hbond substituents is 1. The van der Waals surface area contributed by atoms with E-state index in [0.29, 0.717) is 23.7 Å². The summed E-state index contributed by atoms with van der Waals surface area (Å²) in [6, 6.07) is 8.82. The number of hydrogen-bond donors (Lipinski definition) is 2. The standard InChI is InChI=1S/C16H17ClN2O4S2/c17-14-6-7-15(24-14)25(22,23)19-8-2-5-13(19)16(21)18-10-11-3-1-4-12(20)9-11/h1,3-4,6-7,9,13,20H,2,5,8,10H2,(H,18,21)/t13-/m0/s1. The van der Waals surface area contributed by atoms with E-state index >= 15 is 0 Å². The summed E-state index contributed by atoms with van der Waals surface area (Å²) in [4.78, 5) is 12.5. The van der Waals surface area contributed by atoms with Gasteiger partial charge in [0.25, 0.3) is 10.0 Å². The lowest BCUT2D eigenvalue weighted by Gasteiger charge is -2.22. The maximum atomic E-state index is 12.7. The van der Waals surface area contributed by atoms with Gasteiger partial charge in [-0.05, 0) is 42.7 Å². The number of nitrogens with zero attached hydrogens (tertiary/aromatic N) is 1. The van der Waals surface area contributed by atoms with Crippen LogP contribution in [0, 0.1) is 0 Å². The molecule has 3 rings (SSSR count). The minimum absolute atomic E-state index is 0.117. The van der Waals surface area contributed by atoms with E-state index in [1.165, 1.54) is 16.4 Å². The van der Waals surface area contributed by atoms with Crippen molar-refractivity contribution in [1.82, 2.24) is 9.62 Å². The second-order valence-electron chi connectivity index (χ2n) is 5.72. The van der Waals surface area contributed by atoms with E-state index in [1.54, 1.807) is 24.3 Å². The molecule has 6 nitrogen and oxygen atoms in total. The first kappa shape index (κ1) is 18.2. The van der Waals surface area contributed by atoms with Crippen LogP contribution in [0.15, 0.2) is 40.6 Å². The lowest BCUT2D eigenvalue weighted by molar-refractivity contribution is -0.124. The predicted molar refractivity (Wildman–Crippen MR) is 96.2 cm³/mol. The van der Waals surface area contributed by atoms with Gasteiger partial charge in [0.05, 0.1) is 4.34 Å². The fourth-order valence-electron chi connectivity index (χ4n) is 2.82. The molecule has 0 radical (unpaired) electrons. The van der Waals surface area contributed by atoms with Crippen LogP contribution < -0.4 is 5.32 Å². The molecular weight excluding hydrogens is 384 g/mol. The number of aromatic hydroxyl groups is 1. The first-order valence-electron chi connectivity index (χ1n) is 7.71. The highest BCUT2D eigenvalue weighted by Gasteiger charge is 2.39. The summed E-state index contributed by atoms with van der Waals surface area (Å²) in [6.07, 6.45) is 1.10. The Balaban J connectivity index is 1.71. The average molecular weight is 401 g/mol. The van der Waals surface area contributed by atoms with Crippen molar-refractivity contribution >= 4 is 38.9 Å². The molecule has 1 atom stereocenters. The van der Waals surface area contributed by atoms with Gasteiger partial charge in [0.2, 0.25) is 5.91 Å². The molecule has 0 aliphatic carbocycles. The minimum Gasteiger partial charge on any atom is -0.508 e. The normalized spacial score (nSPS) is 18.4. The van der Waals surface area contributed by atoms with E-state index in [0.717, 1.165) is 16.9 Å². The lowest BCUT2D eigenvalue weighted by atomic mass is 10.2. The molecule has 0 unspecified atom stereocenters. The Bertz CT molecular complexity index is 882. The summed E-state index contributed by atoms with van der Waals surface area (Å²) in [7, 11) is -3.74. The molecular formula is C16H17ClN2O4S2. The van der Waals surface area contributed by atoms with Gasteiger partial charge >= 0.3 is 0 Å². The minimum atomic E-state index is -3.74. The number of nitrogens with one attached hydrogen (secondary N) is 1. The zero-order valence-corrected chi connectivity index (χ0v) is 15.6. The van der Waals surface area contributed by atoms with E-state index in [9.17, 15) is 18.3 Å². The van der Waals surface area contributed by atoms with Crippen molar-refractivity contribution in [2.45, 2.75) is 29.6 Å². The molecule has 1 fully saturated rings. The van der Waals surface area contributed by atoms with Crippen LogP contribution in [0.2, 0.25) is 4.34 Å². The van der Waals surface area contributed by atoms with E-state index in [1.807, 2.05) is 0 Å². The van der Waals surface area contributed by atoms with Gasteiger partial charge < -0.3 is 10.4 Å². The molecule has 0 spiro atoms. The molecule has 1 saturated heterocycles. The molecule has 9 heteroatoms. The van der Waals surface area contributed by atoms with Crippen molar-refractivity contribution in [2.24, 2.45) is 0 Å². The molecule has 1 aromatic heterocycles. The fourth-order valence-corrected chi connectivity index (χ4v) is 6.08. The van der Waals surface area contributed by atoms with Crippen molar-refractivity contribution in [3.05, 3.63) is 46.3 Å². The van der Waals surface area contributed by atoms with Crippen LogP contribution in [0.25, 0.3) is 0 Å². The van der Waals surface area contributed by atoms with Gasteiger partial charge in [0.1, 0.15) is 16.0 Å². The molecule has 2 aromatic rings. The van der Waals surface area contributed by atoms with Gasteiger partial charge in [0.15, 0.2) is 0 Å². The number of carbonyl (C=O) groups excluding carboxylic acids is 1. The van der Waals surface area contributed by atoms with Crippen LogP contribution >= 0.6 is 22.9 Å². The third kappa shape index (κ3) is 3.98. The van der Waals surface area contributed by atoms with Crippen LogP contribution in [-0.2, 0) is 21.4 Å². The van der Waals surface area contributed by atoms with Crippen LogP contribution in [0.4, 0.5) is 0 Å². The van der Waals surface area contributed by atoms with Crippen LogP contribution in [0.5, 0.6) is 5.75 Å². The molecule has 1 aliphatic heterocycles. The van der Waals surface area contributed by atoms with E-state index in [-0.39, 0.29) is 22.4 Å². The highest BCUT2D eigenvalue weighted by atomic mass is 35.5. The molecule has 1 aromatic carbocycles. The van der Waals surface area contributed by atoms with Crippen molar-refractivity contribution in [1.29, 1.82) is 0 Å². The highest BCUT2D eigenvalue weighted by molar-refractivity contribution is 7.91. The molecule has 25 heavy (non-hydrogen) atoms. The van der Waals surface area contributed by atoms with Gasteiger partial charge in [-0.2, -0.15) is 4.31 Å². The Hall–Kier alpha value is -1.61. The largest absolute Gasteiger partial charge is 0.508 e. The van der Waals surface area contributed by atoms with E-state index in [4.69, 9.17) is 11.6 Å². The first-order valence-corrected chi connectivity index (χ1v) is 10.3. The Morgan fingerprint density at radius 3 is 2.84 bits per heavy atom. The number of amides is 1. The number of rotatable bonds is 5. The topological polar surface area (TPSA) is 86.7 Å². The van der Waals surface area contributed by atoms with Crippen LogP contribution in [-0.4, -0.2) is 36.3 Å². The van der Waals surface area contributed by atoms with Gasteiger partial charge in [-0.25, -0.2) is 8.42 Å². The van der Waals surface area contributed by atoms with Crippen molar-refractivity contribution in [3.63, 3.8) is 0 Å². The summed E-state index contributed by atoms with van der Waals surface area (Å²) in [6.45, 7) is 0.532. The summed E-state index contributed by atoms with van der Waals surface area (Å²) < 4.78 is 27.3. The molecule has 2 N–H and O–H groups in total. The average Bonchev–Trinajstić information content (AvgIpc) is 3.22. The molecule has 1 aliphatic rings. The van der Waals surface area contributed by atoms with Gasteiger partial charge in [-0.3, -0.25) is 4.79 Å². The molecule has 134 valence electrons. The molecule has 0 saturated carbocycles. The quantitative estimate of drug-likeness (QED) is 0.807. The first-order chi connectivity index (χ1) is 11.9. The monoisotopic (exact) mass is 400 g/mol. The lowest BCUT2D eigenvalue weighted by Crippen LogP contribution is -2.45. The third-order valence-corrected chi connectivity index (χ3v) is 7.60. The van der Waals surface area contributed by atoms with Gasteiger partial charge in [-0.15, -0.1) is 11.3 Å². The van der Waals surface area contributed by atoms with Gasteiger partial charge in [-0.1, -0.05) is 23.7 Å². The fraction of sp³-hybridized carbons (Fsp3) is 0.312. The maximum absolute atomic E-state index is 12.7. The van der Waals surface area contributed by atoms with Crippen molar-refractivity contribution < 1.29 is 18.3 Å². The van der Waals surface area contributed by atoms with E-state index < -0.39 is 16.1 Å². The maximum Gasteiger partial charge on any atom is 0.253 e. The molecule has 1 amide bonds. The summed E-state index contributed by atoms with van der Waals surface area (Å²) in [5.41, 5.74) is 0.741. The van der Waals surface area contributed by atoms with Gasteiger partial charge in [0, 0.05) is 13.1 Å². The summed E-state index contributed by atoms with van der Waals surface area (Å²) in [5, 5.41) is 12.2. The zero-order chi connectivity index (χ0) is 18.0. The second kappa shape index (κ2) is 7.33. The van der Waals surface area contributed by atoms with Crippen molar-refractivity contribution in [2.75, 3.05) is 6.54 Å². The number of hydrogen-bond acceptors (Lipinski definition) is 5. The molecule has 0 bridgehead atoms. The summed E-state index contributed by atoms with van der Waals surface area (Å²) in [5.74, 6) is -0.224. The Morgan fingerprint density at radius 2 is 2.16 bits per heavy atom. The Morgan fingerprint density at radius 1 is 1.36 bits per heavy atom. The van der Waals surface area contributed by atoms with Crippen molar-refractivity contribution in [3.8, 4) is 5.75 Å². The Kier molecular flexibility index (Phi) is 5.33. The number of carbonyl (C=O) groups is 1. The molecule has 2 heterocycles. The van der Waals surface area contributed by atoms with Crippen LogP contribution in [0.1, 0.15) is 18.4 Å². The second-order valence-corrected chi connectivity index (χ2v) is 9.55. The SMILES string of the molecule is O=C(NCc1cccc(O)c1)[C@@H]1CCCN1S(=O)(=O)c1ccc(Cl)s1. The number of halogens is 1. The van der Waals surface area contributed by atoms with Crippen LogP contribution in [0.3, 0.4) is 0 Å².